The second kappa shape index (κ2) is 15.3. The number of ketones is 1. The molecule has 5 heterocycles. The third-order valence-electron chi connectivity index (χ3n) is 10.5. The van der Waals surface area contributed by atoms with Crippen LogP contribution in [0.5, 0.6) is 0 Å². The van der Waals surface area contributed by atoms with E-state index in [1.165, 1.54) is 7.11 Å². The van der Waals surface area contributed by atoms with Gasteiger partial charge >= 0.3 is 35.0 Å². The molecule has 0 amide bonds. The second-order valence-corrected chi connectivity index (χ2v) is 13.9. The minimum atomic E-state index is -1.24. The monoisotopic (exact) mass is 700 g/mol. The zero-order valence-electron chi connectivity index (χ0n) is 30.8. The largest absolute Gasteiger partial charge is 2.00 e. The zero-order valence-corrected chi connectivity index (χ0v) is 32.2. The number of allylic oxidation sites excluding steroid dienone is 2. The van der Waals surface area contributed by atoms with Crippen LogP contribution in [0, 0.1) is 37.5 Å². The van der Waals surface area contributed by atoms with E-state index in [2.05, 4.69) is 20.8 Å². The molecule has 51 heavy (non-hydrogen) atoms. The molecule has 264 valence electrons. The van der Waals surface area contributed by atoms with Gasteiger partial charge in [-0.1, -0.05) is 80.7 Å². The summed E-state index contributed by atoms with van der Waals surface area (Å²) in [6, 6.07) is 0. The average Bonchev–Trinajstić information content (AvgIpc) is 3.83. The molecule has 8 bridgehead atoms. The Morgan fingerprint density at radius 1 is 0.941 bits per heavy atom. The summed E-state index contributed by atoms with van der Waals surface area (Å²) in [5, 5.41) is 6.28. The molecule has 2 aliphatic heterocycles. The van der Waals surface area contributed by atoms with Gasteiger partial charge in [-0.15, -0.1) is 33.5 Å². The first-order chi connectivity index (χ1) is 23.9. The Morgan fingerprint density at radius 2 is 1.63 bits per heavy atom. The van der Waals surface area contributed by atoms with Crippen LogP contribution >= 0.6 is 0 Å². The van der Waals surface area contributed by atoms with E-state index in [-0.39, 0.29) is 47.3 Å². The van der Waals surface area contributed by atoms with Gasteiger partial charge in [0.15, 0.2) is 5.78 Å². The number of Topliss-reactive ketones (excluding diaryl/α,β-unsaturated/α-hetero) is 1. The van der Waals surface area contributed by atoms with Crippen molar-refractivity contribution in [3.8, 4) is 0 Å². The van der Waals surface area contributed by atoms with E-state index in [0.717, 1.165) is 52.9 Å². The first-order valence-corrected chi connectivity index (χ1v) is 17.6. The van der Waals surface area contributed by atoms with Crippen LogP contribution in [0.3, 0.4) is 0 Å². The number of fused-ring (bicyclic) bond motifs is 7. The Morgan fingerprint density at radius 3 is 2.27 bits per heavy atom. The van der Waals surface area contributed by atoms with Crippen molar-refractivity contribution in [2.75, 3.05) is 13.7 Å². The van der Waals surface area contributed by atoms with E-state index < -0.39 is 17.7 Å². The number of rotatable bonds is 10. The van der Waals surface area contributed by atoms with Crippen LogP contribution < -0.4 is 25.7 Å². The fourth-order valence-electron chi connectivity index (χ4n) is 7.57. The van der Waals surface area contributed by atoms with Crippen LogP contribution in [0.4, 0.5) is 0 Å². The summed E-state index contributed by atoms with van der Waals surface area (Å²) in [5.74, 6) is -2.70. The quantitative estimate of drug-likeness (QED) is 0.130. The Hall–Kier alpha value is -4.09. The summed E-state index contributed by atoms with van der Waals surface area (Å²) in [6.07, 6.45) is 9.09. The van der Waals surface area contributed by atoms with Gasteiger partial charge in [0.25, 0.3) is 0 Å². The minimum Gasteiger partial charge on any atom is -0.664 e. The third-order valence-corrected chi connectivity index (χ3v) is 10.5. The molecule has 0 unspecified atom stereocenters. The van der Waals surface area contributed by atoms with Gasteiger partial charge in [0.1, 0.15) is 12.2 Å². The molecule has 0 radical (unpaired) electrons. The number of nitrogens with zero attached hydrogens (tertiary/aromatic N) is 4. The predicted molar refractivity (Wildman–Crippen MR) is 195 cm³/mol. The summed E-state index contributed by atoms with van der Waals surface area (Å²) < 4.78 is 10.7. The number of aromatic nitrogens is 3. The van der Waals surface area contributed by atoms with Crippen LogP contribution in [-0.4, -0.2) is 60.8 Å². The van der Waals surface area contributed by atoms with E-state index in [1.54, 1.807) is 0 Å². The van der Waals surface area contributed by atoms with Crippen molar-refractivity contribution in [1.82, 2.24) is 15.0 Å². The fourth-order valence-corrected chi connectivity index (χ4v) is 7.57. The van der Waals surface area contributed by atoms with Gasteiger partial charge in [-0.2, -0.15) is 11.4 Å². The van der Waals surface area contributed by atoms with E-state index in [4.69, 9.17) is 29.7 Å². The third kappa shape index (κ3) is 6.70. The molecule has 0 saturated carbocycles. The van der Waals surface area contributed by atoms with Gasteiger partial charge in [-0.05, 0) is 57.3 Å². The average molecular weight is 701 g/mol. The molecule has 3 aromatic rings. The van der Waals surface area contributed by atoms with E-state index in [1.807, 2.05) is 45.9 Å². The SMILES string of the molecule is CCc1c2[n-]c(c1C)/C=C1\[N-]/C(=C3\c4[n-]c(c(C)c4C(=O)[C@@H]3C(=O)OC)/C=c3\[n-]/c(c(C=O)c3CC)=C\2)[C@@H](CCC(=O)OCCC(C)C)[C@@H]1C.[Mg+2]. The number of hydrogen-bond acceptors (Lipinski definition) is 6. The number of ether oxygens (including phenoxy) is 2. The van der Waals surface area contributed by atoms with Crippen LogP contribution in [0.1, 0.15) is 120 Å². The fraction of sp³-hybridized carbons (Fsp3) is 0.450. The molecule has 6 rings (SSSR count). The van der Waals surface area contributed by atoms with Crippen LogP contribution in [-0.2, 0) is 31.9 Å². The van der Waals surface area contributed by atoms with Crippen molar-refractivity contribution < 1.29 is 28.7 Å². The molecular weight excluding hydrogens is 657 g/mol. The smallest absolute Gasteiger partial charge is 0.664 e. The Kier molecular flexibility index (Phi) is 11.4. The van der Waals surface area contributed by atoms with Crippen molar-refractivity contribution in [2.45, 2.75) is 80.6 Å². The molecule has 0 spiro atoms. The summed E-state index contributed by atoms with van der Waals surface area (Å²) >= 11 is 0. The number of carbonyl (C=O) groups is 4. The van der Waals surface area contributed by atoms with Crippen molar-refractivity contribution >= 4 is 70.9 Å². The summed E-state index contributed by atoms with van der Waals surface area (Å²) in [4.78, 5) is 67.9. The molecule has 11 heteroatoms. The second-order valence-electron chi connectivity index (χ2n) is 13.9. The van der Waals surface area contributed by atoms with Gasteiger partial charge in [0.2, 0.25) is 0 Å². The van der Waals surface area contributed by atoms with Crippen LogP contribution in [0.25, 0.3) is 29.1 Å². The van der Waals surface area contributed by atoms with E-state index in [0.29, 0.717) is 75.4 Å². The maximum absolute atomic E-state index is 14.2. The Labute approximate surface area is 314 Å². The Balaban J connectivity index is 0.00000504. The number of methoxy groups -OCH3 is 1. The molecule has 0 N–H and O–H groups in total. The van der Waals surface area contributed by atoms with Crippen molar-refractivity contribution in [1.29, 1.82) is 0 Å². The zero-order chi connectivity index (χ0) is 36.0. The van der Waals surface area contributed by atoms with E-state index >= 15 is 0 Å². The maximum Gasteiger partial charge on any atom is 2.00 e. The predicted octanol–water partition coefficient (Wildman–Crippen LogP) is 4.45. The number of carbonyl (C=O) groups excluding carboxylic acids is 4. The molecular formula is C40H44MgN4O6-2. The topological polar surface area (TPSA) is 143 Å². The summed E-state index contributed by atoms with van der Waals surface area (Å²) in [7, 11) is 1.27. The number of aldehydes is 1. The minimum absolute atomic E-state index is 0. The first kappa shape index (κ1) is 38.1. The molecule has 1 aliphatic carbocycles. The van der Waals surface area contributed by atoms with Crippen molar-refractivity contribution in [2.24, 2.45) is 23.7 Å². The normalized spacial score (nSPS) is 22.6. The van der Waals surface area contributed by atoms with Gasteiger partial charge in [0, 0.05) is 17.5 Å². The molecule has 1 fully saturated rings. The Bertz CT molecular complexity index is 2090. The molecule has 3 aromatic heterocycles. The van der Waals surface area contributed by atoms with Crippen LogP contribution in [0.2, 0.25) is 0 Å². The van der Waals surface area contributed by atoms with Crippen molar-refractivity contribution in [3.63, 3.8) is 0 Å². The van der Waals surface area contributed by atoms with Crippen molar-refractivity contribution in [3.05, 3.63) is 83.6 Å². The van der Waals surface area contributed by atoms with Crippen LogP contribution in [0.15, 0.2) is 11.4 Å². The summed E-state index contributed by atoms with van der Waals surface area (Å²) in [5.41, 5.74) is 8.37. The number of esters is 2. The maximum atomic E-state index is 14.2. The molecule has 0 aromatic carbocycles. The molecule has 10 nitrogen and oxygen atoms in total. The van der Waals surface area contributed by atoms with Gasteiger partial charge in [-0.3, -0.25) is 19.2 Å². The first-order valence-electron chi connectivity index (χ1n) is 17.6. The van der Waals surface area contributed by atoms with Gasteiger partial charge in [-0.25, -0.2) is 0 Å². The standard InChI is InChI=1S/C40H45N4O6.Mg/c1-9-23-20(5)27-15-28-21(6)25(11-12-33(46)50-14-13-19(3)4)37(43-28)35-36(40(48)49-8)39(47)34-22(7)29(44-38(34)35)16-31-24(10-2)26(18-45)32(42-31)17-30(23)41-27;/h15-19,21,25,36H,9-14H2,1-8H3,(H-,43,44,45,47);/q-3;+2/p-1/b28-15-,32-17-;/t21-,25-,36+;/m0./s1. The van der Waals surface area contributed by atoms with Gasteiger partial charge < -0.3 is 29.7 Å². The van der Waals surface area contributed by atoms with E-state index in [9.17, 15) is 19.2 Å². The molecule has 1 saturated heterocycles. The molecule has 3 atom stereocenters. The number of hydrogen-bond donors (Lipinski definition) is 0. The van der Waals surface area contributed by atoms with Gasteiger partial charge in [0.05, 0.1) is 13.7 Å². The molecule has 3 aliphatic rings. The summed E-state index contributed by atoms with van der Waals surface area (Å²) in [6.45, 7) is 14.4.